The molecule has 0 heterocycles. The molecule has 6 aromatic rings. The predicted octanol–water partition coefficient (Wildman–Crippen LogP) is 21.6. The standard InChI is InChI=1S/C75H106BClO2Si/c1-10-16-22-28-36-61-51-71(59-44-35-45-60(47-59)73-54-66(41-33-27-21-15-6)75(80(7,8)9)55-65(73)40-32-26-20-14-5)62(37-29-23-17-11-2)50-70(61)57-42-34-43-58(46-57)72-52-64(39-31-25-19-13-4)74(53-63(72)38-30-24-18-12-3)67-48-68(76(78)79)56-69(77)49-67/h34-35,42-56,78-79H,10-33,36-41H2,1-9H3. The average molecular weight is 1110 g/mol. The average Bonchev–Trinajstić information content (AvgIpc) is 3.51. The molecule has 0 radical (unpaired) electrons. The minimum atomic E-state index is -1.59. The van der Waals surface area contributed by atoms with E-state index >= 15 is 0 Å². The maximum absolute atomic E-state index is 10.3. The first-order chi connectivity index (χ1) is 38.8. The zero-order valence-electron chi connectivity index (χ0n) is 51.9. The molecule has 0 aliphatic carbocycles. The van der Waals surface area contributed by atoms with E-state index in [1.807, 2.05) is 12.1 Å². The summed E-state index contributed by atoms with van der Waals surface area (Å²) in [6.07, 6.45) is 36.0. The Hall–Kier alpha value is -4.19. The number of aryl methyl sites for hydroxylation is 6. The van der Waals surface area contributed by atoms with Crippen LogP contribution < -0.4 is 10.6 Å². The molecule has 0 amide bonds. The van der Waals surface area contributed by atoms with Gasteiger partial charge in [-0.15, -0.1) is 0 Å². The van der Waals surface area contributed by atoms with Crippen LogP contribution in [0.4, 0.5) is 0 Å². The lowest BCUT2D eigenvalue weighted by Crippen LogP contribution is -2.40. The molecule has 80 heavy (non-hydrogen) atoms. The molecule has 0 fully saturated rings. The molecule has 0 saturated carbocycles. The van der Waals surface area contributed by atoms with Gasteiger partial charge in [0.05, 0.1) is 8.07 Å². The highest BCUT2D eigenvalue weighted by atomic mass is 35.5. The van der Waals surface area contributed by atoms with E-state index in [9.17, 15) is 10.0 Å². The van der Waals surface area contributed by atoms with E-state index in [2.05, 4.69) is 146 Å². The van der Waals surface area contributed by atoms with Gasteiger partial charge >= 0.3 is 7.12 Å². The lowest BCUT2D eigenvalue weighted by Gasteiger charge is -2.25. The molecule has 5 heteroatoms. The molecule has 432 valence electrons. The molecule has 6 rings (SSSR count). The van der Waals surface area contributed by atoms with Gasteiger partial charge in [0.2, 0.25) is 0 Å². The Morgan fingerprint density at radius 3 is 0.912 bits per heavy atom. The number of benzene rings is 6. The molecule has 0 unspecified atom stereocenters. The first-order valence-electron chi connectivity index (χ1n) is 32.7. The van der Waals surface area contributed by atoms with Crippen molar-refractivity contribution >= 4 is 37.4 Å². The Morgan fingerprint density at radius 2 is 0.613 bits per heavy atom. The zero-order valence-corrected chi connectivity index (χ0v) is 53.6. The summed E-state index contributed by atoms with van der Waals surface area (Å²) < 4.78 is 0. The third-order valence-electron chi connectivity index (χ3n) is 17.1. The van der Waals surface area contributed by atoms with Crippen LogP contribution in [0.15, 0.2) is 103 Å². The second-order valence-electron chi connectivity index (χ2n) is 24.9. The lowest BCUT2D eigenvalue weighted by molar-refractivity contribution is 0.426. The van der Waals surface area contributed by atoms with Crippen LogP contribution in [0.3, 0.4) is 0 Å². The first kappa shape index (κ1) is 65.0. The third-order valence-corrected chi connectivity index (χ3v) is 19.4. The van der Waals surface area contributed by atoms with Crippen molar-refractivity contribution in [2.24, 2.45) is 0 Å². The van der Waals surface area contributed by atoms with E-state index in [0.717, 1.165) is 56.1 Å². The maximum Gasteiger partial charge on any atom is 0.488 e. The van der Waals surface area contributed by atoms with Crippen molar-refractivity contribution < 1.29 is 10.0 Å². The quantitative estimate of drug-likeness (QED) is 0.0301. The van der Waals surface area contributed by atoms with Gasteiger partial charge in [0, 0.05) is 5.02 Å². The van der Waals surface area contributed by atoms with E-state index in [1.165, 1.54) is 214 Å². The topological polar surface area (TPSA) is 40.5 Å². The second kappa shape index (κ2) is 34.4. The Labute approximate surface area is 495 Å². The molecule has 0 bridgehead atoms. The number of hydrogen-bond acceptors (Lipinski definition) is 2. The number of hydrogen-bond donors (Lipinski definition) is 2. The minimum absolute atomic E-state index is 0.427. The molecular weight excluding hydrogens is 1010 g/mol. The lowest BCUT2D eigenvalue weighted by atomic mass is 9.78. The van der Waals surface area contributed by atoms with E-state index < -0.39 is 15.2 Å². The van der Waals surface area contributed by atoms with E-state index in [-0.39, 0.29) is 0 Å². The zero-order chi connectivity index (χ0) is 57.3. The highest BCUT2D eigenvalue weighted by Gasteiger charge is 2.24. The van der Waals surface area contributed by atoms with Crippen LogP contribution in [-0.2, 0) is 38.5 Å². The number of halogens is 1. The summed E-state index contributed by atoms with van der Waals surface area (Å²) in [5.74, 6) is 0. The van der Waals surface area contributed by atoms with Gasteiger partial charge in [-0.05, 0) is 196 Å². The van der Waals surface area contributed by atoms with Crippen LogP contribution in [0.5, 0.6) is 0 Å². The SMILES string of the molecule is CCCCCCc1cc(-c2cccc(-c3cc(CCCCCC)c(-c4cccc(-c5cc(CCCCCC)c([Si](C)(C)C)cc5CCCCCC)c4)cc3CCCCCC)c2)c(CCCCCC)cc1-c1cc(Cl)cc(B(O)O)c1. The van der Waals surface area contributed by atoms with Gasteiger partial charge in [0.25, 0.3) is 0 Å². The molecule has 2 N–H and O–H groups in total. The summed E-state index contributed by atoms with van der Waals surface area (Å²) in [4.78, 5) is 0. The predicted molar refractivity (Wildman–Crippen MR) is 359 cm³/mol. The van der Waals surface area contributed by atoms with Crippen LogP contribution in [0.25, 0.3) is 55.6 Å². The molecule has 0 spiro atoms. The molecule has 0 saturated heterocycles. The van der Waals surface area contributed by atoms with Crippen molar-refractivity contribution in [1.29, 1.82) is 0 Å². The fraction of sp³-hybridized carbons (Fsp3) is 0.520. The van der Waals surface area contributed by atoms with Crippen molar-refractivity contribution in [3.8, 4) is 55.6 Å². The van der Waals surface area contributed by atoms with Crippen LogP contribution in [0.1, 0.15) is 229 Å². The van der Waals surface area contributed by atoms with Gasteiger partial charge in [0.1, 0.15) is 0 Å². The van der Waals surface area contributed by atoms with Crippen LogP contribution in [-0.4, -0.2) is 25.2 Å². The minimum Gasteiger partial charge on any atom is -0.423 e. The largest absolute Gasteiger partial charge is 0.488 e. The summed E-state index contributed by atoms with van der Waals surface area (Å²) in [6.45, 7) is 21.6. The second-order valence-corrected chi connectivity index (χ2v) is 30.4. The molecule has 2 nitrogen and oxygen atoms in total. The molecular formula is C75H106BClO2Si. The van der Waals surface area contributed by atoms with Crippen LogP contribution >= 0.6 is 11.6 Å². The summed E-state index contributed by atoms with van der Waals surface area (Å²) in [5.41, 5.74) is 22.3. The Kier molecular flexibility index (Phi) is 28.0. The van der Waals surface area contributed by atoms with Crippen molar-refractivity contribution in [2.75, 3.05) is 0 Å². The molecule has 0 aliphatic heterocycles. The summed E-state index contributed by atoms with van der Waals surface area (Å²) >= 11 is 6.74. The van der Waals surface area contributed by atoms with E-state index in [1.54, 1.807) is 22.4 Å². The van der Waals surface area contributed by atoms with Gasteiger partial charge in [-0.3, -0.25) is 0 Å². The Balaban J connectivity index is 1.54. The molecule has 0 aliphatic rings. The normalized spacial score (nSPS) is 11.8. The highest BCUT2D eigenvalue weighted by molar-refractivity contribution is 6.89. The summed E-state index contributed by atoms with van der Waals surface area (Å²) in [7, 11) is -3.17. The summed E-state index contributed by atoms with van der Waals surface area (Å²) in [5, 5.41) is 22.9. The highest BCUT2D eigenvalue weighted by Crippen LogP contribution is 2.41. The van der Waals surface area contributed by atoms with Crippen LogP contribution in [0, 0.1) is 0 Å². The van der Waals surface area contributed by atoms with Gasteiger partial charge in [-0.25, -0.2) is 0 Å². The fourth-order valence-electron chi connectivity index (χ4n) is 12.4. The Bertz CT molecular complexity index is 2800. The molecule has 0 aromatic heterocycles. The number of rotatable bonds is 37. The smallest absolute Gasteiger partial charge is 0.423 e. The third kappa shape index (κ3) is 19.5. The van der Waals surface area contributed by atoms with Gasteiger partial charge in [-0.2, -0.15) is 0 Å². The van der Waals surface area contributed by atoms with Gasteiger partial charge in [0.15, 0.2) is 0 Å². The van der Waals surface area contributed by atoms with Crippen molar-refractivity contribution in [1.82, 2.24) is 0 Å². The maximum atomic E-state index is 10.3. The van der Waals surface area contributed by atoms with Crippen LogP contribution in [0.2, 0.25) is 24.7 Å². The van der Waals surface area contributed by atoms with Crippen molar-refractivity contribution in [3.63, 3.8) is 0 Å². The number of unbranched alkanes of at least 4 members (excludes halogenated alkanes) is 18. The van der Waals surface area contributed by atoms with E-state index in [4.69, 9.17) is 11.6 Å². The van der Waals surface area contributed by atoms with Crippen molar-refractivity contribution in [2.45, 2.75) is 254 Å². The summed E-state index contributed by atoms with van der Waals surface area (Å²) in [6, 6.07) is 40.5. The monoisotopic (exact) mass is 1110 g/mol. The molecule has 0 atom stereocenters. The first-order valence-corrected chi connectivity index (χ1v) is 36.6. The van der Waals surface area contributed by atoms with Gasteiger partial charge < -0.3 is 10.0 Å². The van der Waals surface area contributed by atoms with E-state index in [0.29, 0.717) is 10.5 Å². The fourth-order valence-corrected chi connectivity index (χ4v) is 14.4. The van der Waals surface area contributed by atoms with Gasteiger partial charge in [-0.1, -0.05) is 272 Å². The Morgan fingerprint density at radius 1 is 0.325 bits per heavy atom. The van der Waals surface area contributed by atoms with Crippen molar-refractivity contribution in [3.05, 3.63) is 142 Å². The molecule has 6 aromatic carbocycles.